The minimum Gasteiger partial charge on any atom is -0.490 e. The van der Waals surface area contributed by atoms with E-state index in [1.807, 2.05) is 37.3 Å². The molecule has 1 aliphatic heterocycles. The number of ketones is 1. The number of hydrogen-bond donors (Lipinski definition) is 1. The number of carbonyl (C=O) groups is 3. The van der Waals surface area contributed by atoms with E-state index in [-0.39, 0.29) is 30.6 Å². The van der Waals surface area contributed by atoms with E-state index < -0.39 is 11.8 Å². The molecule has 182 valence electrons. The third-order valence-corrected chi connectivity index (χ3v) is 6.47. The predicted octanol–water partition coefficient (Wildman–Crippen LogP) is 4.98. The van der Waals surface area contributed by atoms with Gasteiger partial charge in [-0.25, -0.2) is 4.39 Å². The zero-order valence-corrected chi connectivity index (χ0v) is 19.8. The summed E-state index contributed by atoms with van der Waals surface area (Å²) in [5.41, 5.74) is 4.72. The topological polar surface area (TPSA) is 83.9 Å². The molecule has 2 aromatic carbocycles. The number of aliphatic carboxylic acids is 1. The lowest BCUT2D eigenvalue weighted by atomic mass is 10.0. The van der Waals surface area contributed by atoms with Crippen molar-refractivity contribution in [3.05, 3.63) is 70.5 Å². The summed E-state index contributed by atoms with van der Waals surface area (Å²) in [5.74, 6) is -0.864. The Morgan fingerprint density at radius 2 is 1.77 bits per heavy atom. The Labute approximate surface area is 203 Å². The number of halogens is 1. The average Bonchev–Trinajstić information content (AvgIpc) is 3.05. The van der Waals surface area contributed by atoms with Crippen LogP contribution in [0.5, 0.6) is 5.75 Å². The molecule has 1 saturated heterocycles. The lowest BCUT2D eigenvalue weighted by molar-refractivity contribution is -0.137. The van der Waals surface area contributed by atoms with E-state index in [1.165, 1.54) is 19.1 Å². The van der Waals surface area contributed by atoms with E-state index in [0.717, 1.165) is 28.0 Å². The van der Waals surface area contributed by atoms with Crippen LogP contribution in [-0.2, 0) is 14.4 Å². The Balaban J connectivity index is 1.45. The lowest BCUT2D eigenvalue weighted by Crippen LogP contribution is -2.42. The van der Waals surface area contributed by atoms with Gasteiger partial charge in [0.2, 0.25) is 5.91 Å². The molecule has 0 aromatic heterocycles. The molecule has 7 heteroatoms. The van der Waals surface area contributed by atoms with Crippen LogP contribution in [0.25, 0.3) is 17.2 Å². The fourth-order valence-electron chi connectivity index (χ4n) is 4.68. The molecule has 0 bridgehead atoms. The molecule has 1 aliphatic carbocycles. The maximum absolute atomic E-state index is 13.9. The Bertz CT molecular complexity index is 1220. The molecule has 1 N–H and O–H groups in total. The van der Waals surface area contributed by atoms with Gasteiger partial charge in [0.25, 0.3) is 0 Å². The van der Waals surface area contributed by atoms with E-state index in [2.05, 4.69) is 0 Å². The number of ether oxygens (including phenoxy) is 1. The van der Waals surface area contributed by atoms with E-state index in [9.17, 15) is 23.9 Å². The molecule has 1 amide bonds. The highest BCUT2D eigenvalue weighted by Crippen LogP contribution is 2.43. The first-order chi connectivity index (χ1) is 16.7. The van der Waals surface area contributed by atoms with Gasteiger partial charge >= 0.3 is 5.97 Å². The summed E-state index contributed by atoms with van der Waals surface area (Å²) in [6.07, 6.45) is 3.18. The Morgan fingerprint density at radius 1 is 1.09 bits per heavy atom. The molecule has 0 unspecified atom stereocenters. The minimum absolute atomic E-state index is 0.000873. The van der Waals surface area contributed by atoms with Gasteiger partial charge in [-0.2, -0.15) is 0 Å². The normalized spacial score (nSPS) is 17.0. The monoisotopic (exact) mass is 477 g/mol. The van der Waals surface area contributed by atoms with Gasteiger partial charge in [-0.1, -0.05) is 18.2 Å². The number of hydrogen-bond acceptors (Lipinski definition) is 4. The van der Waals surface area contributed by atoms with Gasteiger partial charge in [0.1, 0.15) is 23.5 Å². The first-order valence-corrected chi connectivity index (χ1v) is 11.7. The van der Waals surface area contributed by atoms with E-state index in [0.29, 0.717) is 37.1 Å². The van der Waals surface area contributed by atoms with Crippen molar-refractivity contribution in [2.24, 2.45) is 0 Å². The largest absolute Gasteiger partial charge is 0.490 e. The Morgan fingerprint density at radius 3 is 2.40 bits per heavy atom. The third kappa shape index (κ3) is 5.67. The van der Waals surface area contributed by atoms with E-state index >= 15 is 0 Å². The number of carboxylic acid groups (broad SMARTS) is 1. The van der Waals surface area contributed by atoms with Gasteiger partial charge < -0.3 is 14.7 Å². The van der Waals surface area contributed by atoms with Crippen LogP contribution in [0, 0.1) is 5.82 Å². The minimum atomic E-state index is -0.952. The van der Waals surface area contributed by atoms with Crippen molar-refractivity contribution < 1.29 is 28.6 Å². The number of likely N-dealkylation sites (tertiary alicyclic amines) is 1. The second-order valence-corrected chi connectivity index (χ2v) is 9.07. The Kier molecular flexibility index (Phi) is 7.15. The smallest absolute Gasteiger partial charge is 0.307 e. The summed E-state index contributed by atoms with van der Waals surface area (Å²) >= 11 is 0. The van der Waals surface area contributed by atoms with Crippen LogP contribution in [-0.4, -0.2) is 46.9 Å². The SMILES string of the molecule is CC(=O)CC(=O)N1CCC(Oc2ccc(/C=C3/C(C)=C(CC(=O)O)c4cc(F)ccc43)cc2)CC1. The van der Waals surface area contributed by atoms with Gasteiger partial charge in [-0.15, -0.1) is 0 Å². The summed E-state index contributed by atoms with van der Waals surface area (Å²) in [7, 11) is 0. The van der Waals surface area contributed by atoms with Crippen LogP contribution < -0.4 is 4.74 Å². The molecule has 35 heavy (non-hydrogen) atoms. The average molecular weight is 478 g/mol. The molecule has 2 aromatic rings. The first-order valence-electron chi connectivity index (χ1n) is 11.7. The molecule has 0 atom stereocenters. The maximum Gasteiger partial charge on any atom is 0.307 e. The third-order valence-electron chi connectivity index (χ3n) is 6.47. The quantitative estimate of drug-likeness (QED) is 0.569. The van der Waals surface area contributed by atoms with Crippen LogP contribution in [0.1, 0.15) is 56.2 Å². The van der Waals surface area contributed by atoms with E-state index in [1.54, 1.807) is 11.0 Å². The molecule has 2 aliphatic rings. The van der Waals surface area contributed by atoms with Gasteiger partial charge in [0, 0.05) is 25.9 Å². The number of fused-ring (bicyclic) bond motifs is 1. The number of nitrogens with zero attached hydrogens (tertiary/aromatic N) is 1. The zero-order valence-electron chi connectivity index (χ0n) is 19.8. The molecule has 0 spiro atoms. The Hall–Kier alpha value is -3.74. The van der Waals surface area contributed by atoms with Gasteiger partial charge in [-0.3, -0.25) is 14.4 Å². The fourth-order valence-corrected chi connectivity index (χ4v) is 4.68. The van der Waals surface area contributed by atoms with Gasteiger partial charge in [-0.05, 0) is 77.6 Å². The number of carbonyl (C=O) groups excluding carboxylic acids is 2. The van der Waals surface area contributed by atoms with Crippen molar-refractivity contribution in [1.29, 1.82) is 0 Å². The summed E-state index contributed by atoms with van der Waals surface area (Å²) in [5, 5.41) is 9.31. The number of allylic oxidation sites excluding steroid dienone is 2. The van der Waals surface area contributed by atoms with Crippen molar-refractivity contribution in [3.63, 3.8) is 0 Å². The molecular weight excluding hydrogens is 449 g/mol. The van der Waals surface area contributed by atoms with Crippen LogP contribution in [0.15, 0.2) is 48.0 Å². The second-order valence-electron chi connectivity index (χ2n) is 9.07. The number of benzene rings is 2. The highest BCUT2D eigenvalue weighted by atomic mass is 19.1. The van der Waals surface area contributed by atoms with Crippen LogP contribution in [0.4, 0.5) is 4.39 Å². The molecule has 0 radical (unpaired) electrons. The molecule has 4 rings (SSSR count). The molecular formula is C28H28FNO5. The van der Waals surface area contributed by atoms with Crippen LogP contribution in [0.2, 0.25) is 0 Å². The van der Waals surface area contributed by atoms with Crippen molar-refractivity contribution in [3.8, 4) is 5.75 Å². The number of piperidine rings is 1. The number of Topliss-reactive ketones (excluding diaryl/α,β-unsaturated/α-hetero) is 1. The molecule has 1 heterocycles. The summed E-state index contributed by atoms with van der Waals surface area (Å²) < 4.78 is 20.0. The van der Waals surface area contributed by atoms with Crippen molar-refractivity contribution in [1.82, 2.24) is 4.90 Å². The first kappa shape index (κ1) is 24.4. The number of amides is 1. The van der Waals surface area contributed by atoms with Crippen molar-refractivity contribution in [2.75, 3.05) is 13.1 Å². The predicted molar refractivity (Wildman–Crippen MR) is 131 cm³/mol. The van der Waals surface area contributed by atoms with Gasteiger partial charge in [0.05, 0.1) is 12.8 Å². The standard InChI is InChI=1S/C28H28FNO5/c1-17(31)13-27(32)30-11-9-22(10-12-30)35-21-6-3-19(4-7-21)14-24-18(2)25(16-28(33)34)26-15-20(29)5-8-23(24)26/h3-8,14-15,22H,9-13,16H2,1-2H3,(H,33,34)/b24-14-. The summed E-state index contributed by atoms with van der Waals surface area (Å²) in [6.45, 7) is 4.44. The zero-order chi connectivity index (χ0) is 25.1. The summed E-state index contributed by atoms with van der Waals surface area (Å²) in [4.78, 5) is 36.3. The summed E-state index contributed by atoms with van der Waals surface area (Å²) in [6, 6.07) is 12.1. The molecule has 0 saturated carbocycles. The number of rotatable bonds is 7. The van der Waals surface area contributed by atoms with Crippen molar-refractivity contribution >= 4 is 34.9 Å². The van der Waals surface area contributed by atoms with Crippen molar-refractivity contribution in [2.45, 2.75) is 45.6 Å². The highest BCUT2D eigenvalue weighted by Gasteiger charge is 2.26. The lowest BCUT2D eigenvalue weighted by Gasteiger charge is -2.32. The van der Waals surface area contributed by atoms with Crippen LogP contribution >= 0.6 is 0 Å². The second kappa shape index (κ2) is 10.3. The maximum atomic E-state index is 13.9. The molecule has 1 fully saturated rings. The molecule has 6 nitrogen and oxygen atoms in total. The van der Waals surface area contributed by atoms with Crippen LogP contribution in [0.3, 0.4) is 0 Å². The van der Waals surface area contributed by atoms with Gasteiger partial charge in [0.15, 0.2) is 0 Å². The fraction of sp³-hybridized carbons (Fsp3) is 0.321. The van der Waals surface area contributed by atoms with E-state index in [4.69, 9.17) is 4.74 Å². The highest BCUT2D eigenvalue weighted by molar-refractivity contribution is 6.07. The number of carboxylic acids is 1.